The van der Waals surface area contributed by atoms with Crippen molar-refractivity contribution in [3.63, 3.8) is 0 Å². The number of hydrogen-bond acceptors (Lipinski definition) is 2. The Balaban J connectivity index is 2.29. The van der Waals surface area contributed by atoms with Crippen LogP contribution in [0.4, 0.5) is 0 Å². The van der Waals surface area contributed by atoms with E-state index in [-0.39, 0.29) is 5.78 Å². The van der Waals surface area contributed by atoms with Crippen molar-refractivity contribution in [2.45, 2.75) is 39.7 Å². The second-order valence-electron chi connectivity index (χ2n) is 7.05. The van der Waals surface area contributed by atoms with E-state index in [1.807, 2.05) is 36.4 Å². The molecule has 0 amide bonds. The van der Waals surface area contributed by atoms with Gasteiger partial charge in [-0.15, -0.1) is 0 Å². The van der Waals surface area contributed by atoms with E-state index in [1.54, 1.807) is 0 Å². The van der Waals surface area contributed by atoms with Crippen LogP contribution < -0.4 is 9.61 Å². The van der Waals surface area contributed by atoms with Gasteiger partial charge in [0.05, 0.1) is 8.80 Å². The zero-order valence-corrected chi connectivity index (χ0v) is 16.9. The average Bonchev–Trinajstić information content (AvgIpc) is 2.45. The minimum atomic E-state index is -1.62. The van der Waals surface area contributed by atoms with Crippen LogP contribution in [0, 0.1) is 6.92 Å². The lowest BCUT2D eigenvalue weighted by Gasteiger charge is -2.19. The minimum Gasteiger partial charge on any atom is -0.544 e. The maximum absolute atomic E-state index is 12.8. The van der Waals surface area contributed by atoms with Crippen molar-refractivity contribution in [3.05, 3.63) is 59.2 Å². The highest BCUT2D eigenvalue weighted by Crippen LogP contribution is 2.19. The lowest BCUT2D eigenvalue weighted by molar-refractivity contribution is 0.103. The van der Waals surface area contributed by atoms with Crippen molar-refractivity contribution in [1.82, 2.24) is 0 Å². The molecule has 0 saturated carbocycles. The SMILES string of the molecule is Cc1c(C(=O)c2ccc(O[Si](C)(C)C)cc2)cccc1[Si](C)C. The smallest absolute Gasteiger partial charge is 0.242 e. The predicted molar refractivity (Wildman–Crippen MR) is 102 cm³/mol. The van der Waals surface area contributed by atoms with Gasteiger partial charge in [0.25, 0.3) is 0 Å². The normalized spacial score (nSPS) is 11.6. The number of carbonyl (C=O) groups is 1. The Morgan fingerprint density at radius 2 is 1.61 bits per heavy atom. The van der Waals surface area contributed by atoms with Crippen LogP contribution in [-0.4, -0.2) is 22.9 Å². The molecule has 0 N–H and O–H groups in total. The molecular weight excluding hydrogens is 316 g/mol. The predicted octanol–water partition coefficient (Wildman–Crippen LogP) is 4.40. The molecule has 2 rings (SSSR count). The van der Waals surface area contributed by atoms with Crippen molar-refractivity contribution < 1.29 is 9.22 Å². The van der Waals surface area contributed by atoms with Crippen LogP contribution in [0.1, 0.15) is 21.5 Å². The highest BCUT2D eigenvalue weighted by Gasteiger charge is 2.18. The molecule has 0 heterocycles. The highest BCUT2D eigenvalue weighted by molar-refractivity contribution is 6.71. The summed E-state index contributed by atoms with van der Waals surface area (Å²) < 4.78 is 5.95. The van der Waals surface area contributed by atoms with Gasteiger partial charge in [0.1, 0.15) is 5.75 Å². The van der Waals surface area contributed by atoms with Crippen molar-refractivity contribution in [2.75, 3.05) is 0 Å². The van der Waals surface area contributed by atoms with Crippen molar-refractivity contribution in [1.29, 1.82) is 0 Å². The van der Waals surface area contributed by atoms with Gasteiger partial charge in [-0.1, -0.05) is 36.5 Å². The fraction of sp³-hybridized carbons (Fsp3) is 0.316. The number of ketones is 1. The molecule has 0 aliphatic rings. The van der Waals surface area contributed by atoms with E-state index < -0.39 is 17.1 Å². The minimum absolute atomic E-state index is 0.0900. The molecule has 0 aromatic heterocycles. The van der Waals surface area contributed by atoms with Gasteiger partial charge in [0.2, 0.25) is 8.32 Å². The summed E-state index contributed by atoms with van der Waals surface area (Å²) in [5.41, 5.74) is 2.65. The monoisotopic (exact) mass is 341 g/mol. The summed E-state index contributed by atoms with van der Waals surface area (Å²) in [6, 6.07) is 13.6. The fourth-order valence-corrected chi connectivity index (χ4v) is 4.76. The number of rotatable bonds is 5. The van der Waals surface area contributed by atoms with Crippen LogP contribution >= 0.6 is 0 Å². The molecule has 0 spiro atoms. The van der Waals surface area contributed by atoms with Gasteiger partial charge in [-0.05, 0) is 56.4 Å². The van der Waals surface area contributed by atoms with Gasteiger partial charge in [0.15, 0.2) is 5.78 Å². The summed E-state index contributed by atoms with van der Waals surface area (Å²) in [5, 5.41) is 1.33. The molecule has 0 aliphatic heterocycles. The quantitative estimate of drug-likeness (QED) is 0.595. The van der Waals surface area contributed by atoms with Gasteiger partial charge < -0.3 is 4.43 Å². The summed E-state index contributed by atoms with van der Waals surface area (Å²) >= 11 is 0. The van der Waals surface area contributed by atoms with Crippen LogP contribution in [0.15, 0.2) is 42.5 Å². The molecule has 0 aliphatic carbocycles. The molecule has 0 bridgehead atoms. The van der Waals surface area contributed by atoms with E-state index in [4.69, 9.17) is 4.43 Å². The first-order valence-electron chi connectivity index (χ1n) is 7.93. The Morgan fingerprint density at radius 3 is 2.13 bits per heavy atom. The molecule has 2 nitrogen and oxygen atoms in total. The summed E-state index contributed by atoms with van der Waals surface area (Å²) in [6.07, 6.45) is 0. The third-order valence-electron chi connectivity index (χ3n) is 3.66. The average molecular weight is 342 g/mol. The molecule has 2 aromatic carbocycles. The number of hydrogen-bond donors (Lipinski definition) is 0. The Labute approximate surface area is 142 Å². The van der Waals surface area contributed by atoms with Crippen LogP contribution in [0.25, 0.3) is 0 Å². The van der Waals surface area contributed by atoms with Crippen molar-refractivity contribution >= 4 is 28.1 Å². The zero-order valence-electron chi connectivity index (χ0n) is 14.9. The maximum atomic E-state index is 12.8. The van der Waals surface area contributed by atoms with Crippen LogP contribution in [-0.2, 0) is 0 Å². The first kappa shape index (κ1) is 17.7. The topological polar surface area (TPSA) is 26.3 Å². The lowest BCUT2D eigenvalue weighted by Crippen LogP contribution is -2.29. The molecular formula is C19H25O2Si2. The fourth-order valence-electron chi connectivity index (χ4n) is 2.61. The van der Waals surface area contributed by atoms with E-state index in [9.17, 15) is 4.79 Å². The van der Waals surface area contributed by atoms with Gasteiger partial charge in [0, 0.05) is 11.1 Å². The summed E-state index contributed by atoms with van der Waals surface area (Å²) in [6.45, 7) is 13.0. The highest BCUT2D eigenvalue weighted by atomic mass is 28.4. The molecule has 0 atom stereocenters. The van der Waals surface area contributed by atoms with E-state index in [2.05, 4.69) is 45.7 Å². The Bertz CT molecular complexity index is 698. The Hall–Kier alpha value is -1.66. The van der Waals surface area contributed by atoms with Crippen LogP contribution in [0.5, 0.6) is 5.75 Å². The number of carbonyl (C=O) groups excluding carboxylic acids is 1. The van der Waals surface area contributed by atoms with E-state index in [0.29, 0.717) is 5.56 Å². The standard InChI is InChI=1S/C19H25O2Si2/c1-14-17(8-7-9-18(14)22(2)3)19(20)15-10-12-16(13-11-15)21-23(4,5)6/h7-13H,1-6H3. The van der Waals surface area contributed by atoms with Crippen LogP contribution in [0.3, 0.4) is 0 Å². The first-order chi connectivity index (χ1) is 10.7. The Kier molecular flexibility index (Phi) is 5.27. The zero-order chi connectivity index (χ0) is 17.2. The molecule has 121 valence electrons. The molecule has 0 saturated heterocycles. The molecule has 0 unspecified atom stereocenters. The lowest BCUT2D eigenvalue weighted by atomic mass is 9.99. The molecule has 4 heteroatoms. The summed E-state index contributed by atoms with van der Waals surface area (Å²) in [5.74, 6) is 0.936. The van der Waals surface area contributed by atoms with Gasteiger partial charge in [-0.25, -0.2) is 0 Å². The van der Waals surface area contributed by atoms with Gasteiger partial charge in [-0.3, -0.25) is 4.79 Å². The molecule has 2 aromatic rings. The largest absolute Gasteiger partial charge is 0.544 e. The van der Waals surface area contributed by atoms with E-state index in [1.165, 1.54) is 5.19 Å². The van der Waals surface area contributed by atoms with E-state index in [0.717, 1.165) is 16.9 Å². The van der Waals surface area contributed by atoms with Crippen LogP contribution in [0.2, 0.25) is 32.7 Å². The second-order valence-corrected chi connectivity index (χ2v) is 14.0. The van der Waals surface area contributed by atoms with Gasteiger partial charge in [-0.2, -0.15) is 0 Å². The van der Waals surface area contributed by atoms with Crippen molar-refractivity contribution in [2.24, 2.45) is 0 Å². The Morgan fingerprint density at radius 1 is 1.00 bits per heavy atom. The van der Waals surface area contributed by atoms with E-state index >= 15 is 0 Å². The summed E-state index contributed by atoms with van der Waals surface area (Å²) in [4.78, 5) is 12.8. The van der Waals surface area contributed by atoms with Gasteiger partial charge >= 0.3 is 0 Å². The molecule has 0 fully saturated rings. The van der Waals surface area contributed by atoms with Crippen molar-refractivity contribution in [3.8, 4) is 5.75 Å². The second kappa shape index (κ2) is 6.85. The molecule has 1 radical (unpaired) electrons. The third kappa shape index (κ3) is 4.42. The first-order valence-corrected chi connectivity index (χ1v) is 13.8. The maximum Gasteiger partial charge on any atom is 0.242 e. The number of benzene rings is 2. The third-order valence-corrected chi connectivity index (χ3v) is 6.12. The molecule has 23 heavy (non-hydrogen) atoms. The summed E-state index contributed by atoms with van der Waals surface area (Å²) in [7, 11) is -2.19.